The number of hydrazone groups is 1. The quantitative estimate of drug-likeness (QED) is 0.680. The van der Waals surface area contributed by atoms with Gasteiger partial charge in [0.05, 0.1) is 6.21 Å². The van der Waals surface area contributed by atoms with E-state index in [2.05, 4.69) is 58.6 Å². The minimum atomic E-state index is 0.526. The molecule has 0 saturated carbocycles. The molecule has 2 aromatic rings. The van der Waals surface area contributed by atoms with Crippen LogP contribution in [0.5, 0.6) is 0 Å². The van der Waals surface area contributed by atoms with Crippen LogP contribution in [-0.2, 0) is 0 Å². The van der Waals surface area contributed by atoms with Crippen LogP contribution in [0.4, 0.5) is 5.95 Å². The largest absolute Gasteiger partial charge is 0.245 e. The summed E-state index contributed by atoms with van der Waals surface area (Å²) >= 11 is 0. The minimum absolute atomic E-state index is 0.526. The first kappa shape index (κ1) is 14.2. The van der Waals surface area contributed by atoms with Gasteiger partial charge in [-0.05, 0) is 37.0 Å². The van der Waals surface area contributed by atoms with Gasteiger partial charge in [0.25, 0.3) is 0 Å². The molecule has 0 aliphatic heterocycles. The first-order valence-corrected chi connectivity index (χ1v) is 6.76. The molecule has 0 saturated heterocycles. The summed E-state index contributed by atoms with van der Waals surface area (Å²) in [6.45, 7) is 8.24. The van der Waals surface area contributed by atoms with Crippen LogP contribution in [0.25, 0.3) is 0 Å². The van der Waals surface area contributed by atoms with Crippen molar-refractivity contribution in [2.75, 3.05) is 5.43 Å². The second kappa shape index (κ2) is 6.28. The maximum Gasteiger partial charge on any atom is 0.243 e. The fraction of sp³-hybridized carbons (Fsp3) is 0.312. The van der Waals surface area contributed by atoms with Gasteiger partial charge >= 0.3 is 0 Å². The van der Waals surface area contributed by atoms with Crippen LogP contribution in [0.2, 0.25) is 0 Å². The van der Waals surface area contributed by atoms with E-state index in [1.807, 2.05) is 19.9 Å². The van der Waals surface area contributed by atoms with Gasteiger partial charge in [-0.25, -0.2) is 15.4 Å². The molecule has 0 fully saturated rings. The molecule has 0 bridgehead atoms. The van der Waals surface area contributed by atoms with E-state index in [4.69, 9.17) is 0 Å². The highest BCUT2D eigenvalue weighted by Crippen LogP contribution is 2.13. The summed E-state index contributed by atoms with van der Waals surface area (Å²) in [6.07, 6.45) is 1.77. The van der Waals surface area contributed by atoms with E-state index in [0.717, 1.165) is 17.0 Å². The third kappa shape index (κ3) is 3.88. The molecule has 1 N–H and O–H groups in total. The molecule has 4 heteroatoms. The number of nitrogens with zero attached hydrogens (tertiary/aromatic N) is 3. The first-order chi connectivity index (χ1) is 9.54. The van der Waals surface area contributed by atoms with Crippen LogP contribution in [0.1, 0.15) is 42.3 Å². The zero-order chi connectivity index (χ0) is 14.5. The number of aryl methyl sites for hydroxylation is 2. The zero-order valence-corrected chi connectivity index (χ0v) is 12.4. The molecule has 20 heavy (non-hydrogen) atoms. The maximum atomic E-state index is 4.27. The molecule has 0 aliphatic rings. The number of nitrogens with one attached hydrogen (secondary N) is 1. The second-order valence-electron chi connectivity index (χ2n) is 5.17. The Kier molecular flexibility index (Phi) is 4.45. The Morgan fingerprint density at radius 3 is 2.20 bits per heavy atom. The number of hydrogen-bond acceptors (Lipinski definition) is 4. The SMILES string of the molecule is Cc1cc(C)nc(NN=Cc2ccc(C(C)C)cc2)n1. The van der Waals surface area contributed by atoms with Crippen molar-refractivity contribution in [2.45, 2.75) is 33.6 Å². The monoisotopic (exact) mass is 268 g/mol. The fourth-order valence-corrected chi connectivity index (χ4v) is 1.91. The van der Waals surface area contributed by atoms with Crippen LogP contribution in [-0.4, -0.2) is 16.2 Å². The van der Waals surface area contributed by atoms with Crippen LogP contribution in [0.15, 0.2) is 35.4 Å². The maximum absolute atomic E-state index is 4.27. The third-order valence-electron chi connectivity index (χ3n) is 2.96. The lowest BCUT2D eigenvalue weighted by atomic mass is 10.0. The molecule has 0 atom stereocenters. The number of hydrogen-bond donors (Lipinski definition) is 1. The Bertz CT molecular complexity index is 580. The molecule has 0 aliphatic carbocycles. The Hall–Kier alpha value is -2.23. The van der Waals surface area contributed by atoms with Crippen molar-refractivity contribution in [1.29, 1.82) is 0 Å². The summed E-state index contributed by atoms with van der Waals surface area (Å²) in [6, 6.07) is 10.3. The van der Waals surface area contributed by atoms with Crippen molar-refractivity contribution in [3.05, 3.63) is 52.8 Å². The van der Waals surface area contributed by atoms with E-state index in [0.29, 0.717) is 11.9 Å². The minimum Gasteiger partial charge on any atom is -0.245 e. The molecular formula is C16H20N4. The van der Waals surface area contributed by atoms with Crippen molar-refractivity contribution in [1.82, 2.24) is 9.97 Å². The molecule has 1 aromatic carbocycles. The number of benzene rings is 1. The second-order valence-corrected chi connectivity index (χ2v) is 5.17. The van der Waals surface area contributed by atoms with Gasteiger partial charge in [-0.2, -0.15) is 5.10 Å². The van der Waals surface area contributed by atoms with E-state index >= 15 is 0 Å². The van der Waals surface area contributed by atoms with Crippen LogP contribution in [0.3, 0.4) is 0 Å². The summed E-state index contributed by atoms with van der Waals surface area (Å²) in [4.78, 5) is 8.53. The van der Waals surface area contributed by atoms with E-state index in [1.54, 1.807) is 6.21 Å². The molecule has 104 valence electrons. The Morgan fingerprint density at radius 1 is 1.05 bits per heavy atom. The van der Waals surface area contributed by atoms with E-state index < -0.39 is 0 Å². The lowest BCUT2D eigenvalue weighted by molar-refractivity contribution is 0.866. The molecule has 1 aromatic heterocycles. The molecule has 0 spiro atoms. The van der Waals surface area contributed by atoms with Crippen molar-refractivity contribution >= 4 is 12.2 Å². The normalized spacial score (nSPS) is 11.2. The number of aromatic nitrogens is 2. The lowest BCUT2D eigenvalue weighted by Crippen LogP contribution is -1.99. The first-order valence-electron chi connectivity index (χ1n) is 6.76. The fourth-order valence-electron chi connectivity index (χ4n) is 1.91. The Balaban J connectivity index is 2.02. The molecular weight excluding hydrogens is 248 g/mol. The smallest absolute Gasteiger partial charge is 0.243 e. The summed E-state index contributed by atoms with van der Waals surface area (Å²) in [5, 5.41) is 4.17. The average Bonchev–Trinajstić information content (AvgIpc) is 2.38. The van der Waals surface area contributed by atoms with Gasteiger partial charge in [-0.15, -0.1) is 0 Å². The van der Waals surface area contributed by atoms with Crippen LogP contribution < -0.4 is 5.43 Å². The van der Waals surface area contributed by atoms with E-state index in [9.17, 15) is 0 Å². The van der Waals surface area contributed by atoms with Crippen molar-refractivity contribution in [3.63, 3.8) is 0 Å². The van der Waals surface area contributed by atoms with Crippen molar-refractivity contribution in [2.24, 2.45) is 5.10 Å². The summed E-state index contributed by atoms with van der Waals surface area (Å²) < 4.78 is 0. The third-order valence-corrected chi connectivity index (χ3v) is 2.96. The lowest BCUT2D eigenvalue weighted by Gasteiger charge is -2.04. The Labute approximate surface area is 120 Å². The number of rotatable bonds is 4. The molecule has 4 nitrogen and oxygen atoms in total. The van der Waals surface area contributed by atoms with Gasteiger partial charge < -0.3 is 0 Å². The van der Waals surface area contributed by atoms with Gasteiger partial charge in [-0.1, -0.05) is 38.1 Å². The highest BCUT2D eigenvalue weighted by molar-refractivity contribution is 5.80. The summed E-state index contributed by atoms with van der Waals surface area (Å²) in [7, 11) is 0. The predicted molar refractivity (Wildman–Crippen MR) is 83.3 cm³/mol. The molecule has 1 heterocycles. The van der Waals surface area contributed by atoms with Crippen LogP contribution >= 0.6 is 0 Å². The predicted octanol–water partition coefficient (Wildman–Crippen LogP) is 3.66. The number of anilines is 1. The standard InChI is InChI=1S/C16H20N4/c1-11(2)15-7-5-14(6-8-15)10-17-20-16-18-12(3)9-13(4)19-16/h5-11H,1-4H3,(H,18,19,20). The summed E-state index contributed by atoms with van der Waals surface area (Å²) in [5.41, 5.74) is 7.09. The topological polar surface area (TPSA) is 50.2 Å². The van der Waals surface area contributed by atoms with Gasteiger partial charge in [0.15, 0.2) is 0 Å². The van der Waals surface area contributed by atoms with E-state index in [-0.39, 0.29) is 0 Å². The molecule has 2 rings (SSSR count). The van der Waals surface area contributed by atoms with Crippen molar-refractivity contribution in [3.8, 4) is 0 Å². The summed E-state index contributed by atoms with van der Waals surface area (Å²) in [5.74, 6) is 1.07. The van der Waals surface area contributed by atoms with Gasteiger partial charge in [0, 0.05) is 11.4 Å². The molecule has 0 unspecified atom stereocenters. The van der Waals surface area contributed by atoms with Gasteiger partial charge in [0.1, 0.15) is 0 Å². The molecule has 0 amide bonds. The van der Waals surface area contributed by atoms with E-state index in [1.165, 1.54) is 5.56 Å². The van der Waals surface area contributed by atoms with Crippen LogP contribution in [0, 0.1) is 13.8 Å². The highest BCUT2D eigenvalue weighted by Gasteiger charge is 1.98. The molecule has 0 radical (unpaired) electrons. The van der Waals surface area contributed by atoms with Crippen molar-refractivity contribution < 1.29 is 0 Å². The zero-order valence-electron chi connectivity index (χ0n) is 12.4. The average molecular weight is 268 g/mol. The highest BCUT2D eigenvalue weighted by atomic mass is 15.3. The Morgan fingerprint density at radius 2 is 1.65 bits per heavy atom. The van der Waals surface area contributed by atoms with Gasteiger partial charge in [-0.3, -0.25) is 0 Å². The van der Waals surface area contributed by atoms with Gasteiger partial charge in [0.2, 0.25) is 5.95 Å².